The maximum absolute atomic E-state index is 14.0. The summed E-state index contributed by atoms with van der Waals surface area (Å²) in [5, 5.41) is 8.30. The zero-order valence-corrected chi connectivity index (χ0v) is 24.1. The van der Waals surface area contributed by atoms with Gasteiger partial charge in [-0.2, -0.15) is 0 Å². The Morgan fingerprint density at radius 1 is 1.03 bits per heavy atom. The number of nitrogens with one attached hydrogen (secondary N) is 3. The lowest BCUT2D eigenvalue weighted by Gasteiger charge is -2.37. The number of likely N-dealkylation sites (tertiary alicyclic amines) is 1. The van der Waals surface area contributed by atoms with E-state index in [-0.39, 0.29) is 47.8 Å². The van der Waals surface area contributed by atoms with Gasteiger partial charge < -0.3 is 26.6 Å². The summed E-state index contributed by atoms with van der Waals surface area (Å²) in [5.74, 6) is -4.01. The van der Waals surface area contributed by atoms with E-state index < -0.39 is 47.1 Å². The van der Waals surface area contributed by atoms with Crippen molar-refractivity contribution in [3.63, 3.8) is 0 Å². The molecular formula is C28H45N5O6. The lowest BCUT2D eigenvalue weighted by atomic mass is 9.84. The highest BCUT2D eigenvalue weighted by Crippen LogP contribution is 2.43. The number of primary amides is 1. The molecular weight excluding hydrogens is 502 g/mol. The van der Waals surface area contributed by atoms with Crippen molar-refractivity contribution in [3.8, 4) is 0 Å². The van der Waals surface area contributed by atoms with E-state index in [4.69, 9.17) is 5.73 Å². The molecule has 5 amide bonds. The topological polar surface area (TPSA) is 168 Å². The molecule has 0 aromatic heterocycles. The summed E-state index contributed by atoms with van der Waals surface area (Å²) < 4.78 is 0. The van der Waals surface area contributed by atoms with Gasteiger partial charge in [0.05, 0.1) is 6.04 Å². The summed E-state index contributed by atoms with van der Waals surface area (Å²) in [6, 6.07) is -2.96. The Kier molecular flexibility index (Phi) is 9.12. The molecule has 11 heteroatoms. The normalized spacial score (nSPS) is 26.4. The first-order valence-electron chi connectivity index (χ1n) is 14.0. The molecule has 3 aliphatic rings. The second-order valence-electron chi connectivity index (χ2n) is 13.7. The van der Waals surface area contributed by atoms with Crippen LogP contribution in [0.4, 0.5) is 0 Å². The largest absolute Gasteiger partial charge is 0.363 e. The third-order valence-corrected chi connectivity index (χ3v) is 8.11. The first-order valence-corrected chi connectivity index (χ1v) is 14.0. The van der Waals surface area contributed by atoms with Crippen LogP contribution in [-0.4, -0.2) is 71.4 Å². The number of hydrogen-bond acceptors (Lipinski definition) is 6. The standard InChI is InChI=1S/C28H45N5O6/c1-27(2,3)13-19(34)32-22(28(4,5)6)26(39)33-14-16-8-7-9-17(16)20(33)25(38)31-18(21(35)23(29)36)12-15-10-11-30-24(15)37/h15-18,20,22H,7-14H2,1-6H3,(H2,29,36)(H,30,37)(H,31,38)(H,32,34)/t15-,16-,17-,18-,20-,22+/m0/s1. The molecule has 11 nitrogen and oxygen atoms in total. The van der Waals surface area contributed by atoms with E-state index in [0.29, 0.717) is 19.5 Å². The molecule has 0 aromatic rings. The van der Waals surface area contributed by atoms with Crippen LogP contribution in [0.3, 0.4) is 0 Å². The summed E-state index contributed by atoms with van der Waals surface area (Å²) in [7, 11) is 0. The van der Waals surface area contributed by atoms with Crippen molar-refractivity contribution in [2.75, 3.05) is 13.1 Å². The summed E-state index contributed by atoms with van der Waals surface area (Å²) in [6.45, 7) is 12.3. The van der Waals surface area contributed by atoms with Crippen molar-refractivity contribution in [2.24, 2.45) is 34.3 Å². The molecule has 1 saturated carbocycles. The minimum Gasteiger partial charge on any atom is -0.363 e. The highest BCUT2D eigenvalue weighted by molar-refractivity contribution is 6.38. The minimum atomic E-state index is -1.26. The van der Waals surface area contributed by atoms with E-state index >= 15 is 0 Å². The Bertz CT molecular complexity index is 1010. The molecule has 5 N–H and O–H groups in total. The van der Waals surface area contributed by atoms with Crippen LogP contribution in [0.2, 0.25) is 0 Å². The Labute approximate surface area is 230 Å². The number of carbonyl (C=O) groups excluding carboxylic acids is 6. The number of fused-ring (bicyclic) bond motifs is 1. The Balaban J connectivity index is 1.86. The van der Waals surface area contributed by atoms with Crippen LogP contribution in [-0.2, 0) is 28.8 Å². The van der Waals surface area contributed by atoms with Gasteiger partial charge in [-0.25, -0.2) is 0 Å². The van der Waals surface area contributed by atoms with Crippen LogP contribution in [0.5, 0.6) is 0 Å². The van der Waals surface area contributed by atoms with E-state index in [9.17, 15) is 28.8 Å². The molecule has 2 heterocycles. The highest BCUT2D eigenvalue weighted by atomic mass is 16.2. The summed E-state index contributed by atoms with van der Waals surface area (Å²) in [6.07, 6.45) is 3.24. The Morgan fingerprint density at radius 2 is 1.69 bits per heavy atom. The van der Waals surface area contributed by atoms with Crippen LogP contribution >= 0.6 is 0 Å². The third kappa shape index (κ3) is 7.36. The molecule has 3 rings (SSSR count). The first kappa shape index (κ1) is 30.6. The van der Waals surface area contributed by atoms with E-state index in [1.807, 2.05) is 41.5 Å². The van der Waals surface area contributed by atoms with Gasteiger partial charge in [0.2, 0.25) is 29.4 Å². The zero-order chi connectivity index (χ0) is 29.3. The van der Waals surface area contributed by atoms with Crippen LogP contribution in [0.25, 0.3) is 0 Å². The fourth-order valence-electron chi connectivity index (χ4n) is 6.19. The second kappa shape index (κ2) is 11.6. The van der Waals surface area contributed by atoms with Crippen molar-refractivity contribution < 1.29 is 28.8 Å². The van der Waals surface area contributed by atoms with Crippen molar-refractivity contribution in [1.29, 1.82) is 0 Å². The van der Waals surface area contributed by atoms with Gasteiger partial charge in [-0.1, -0.05) is 48.0 Å². The number of Topliss-reactive ketones (excluding diaryl/α,β-unsaturated/α-hetero) is 1. The van der Waals surface area contributed by atoms with Crippen LogP contribution in [0.1, 0.15) is 80.1 Å². The molecule has 1 aliphatic carbocycles. The number of nitrogens with zero attached hydrogens (tertiary/aromatic N) is 1. The highest BCUT2D eigenvalue weighted by Gasteiger charge is 2.52. The van der Waals surface area contributed by atoms with Gasteiger partial charge in [-0.05, 0) is 48.3 Å². The van der Waals surface area contributed by atoms with E-state index in [1.54, 1.807) is 4.90 Å². The van der Waals surface area contributed by atoms with Gasteiger partial charge in [-0.15, -0.1) is 0 Å². The SMILES string of the molecule is CC(C)(C)CC(=O)N[C@H](C(=O)N1C[C@@H]2CCC[C@@H]2[C@H]1C(=O)N[C@@H](C[C@@H]1CCNC1=O)C(=O)C(N)=O)C(C)(C)C. The fourth-order valence-corrected chi connectivity index (χ4v) is 6.19. The molecule has 6 atom stereocenters. The Morgan fingerprint density at radius 3 is 2.23 bits per heavy atom. The molecule has 2 aliphatic heterocycles. The molecule has 218 valence electrons. The number of ketones is 1. The van der Waals surface area contributed by atoms with Gasteiger partial charge in [0, 0.05) is 25.4 Å². The molecule has 2 saturated heterocycles. The average molecular weight is 548 g/mol. The number of carbonyl (C=O) groups is 6. The number of nitrogens with two attached hydrogens (primary N) is 1. The maximum atomic E-state index is 14.0. The van der Waals surface area contributed by atoms with Crippen molar-refractivity contribution in [3.05, 3.63) is 0 Å². The van der Waals surface area contributed by atoms with Crippen molar-refractivity contribution >= 4 is 35.3 Å². The summed E-state index contributed by atoms with van der Waals surface area (Å²) >= 11 is 0. The maximum Gasteiger partial charge on any atom is 0.287 e. The Hall–Kier alpha value is -2.98. The monoisotopic (exact) mass is 547 g/mol. The molecule has 0 radical (unpaired) electrons. The lowest BCUT2D eigenvalue weighted by Crippen LogP contribution is -2.60. The number of amides is 5. The van der Waals surface area contributed by atoms with E-state index in [1.165, 1.54) is 0 Å². The molecule has 0 unspecified atom stereocenters. The van der Waals surface area contributed by atoms with E-state index in [0.717, 1.165) is 19.3 Å². The van der Waals surface area contributed by atoms with Gasteiger partial charge in [0.25, 0.3) is 5.91 Å². The third-order valence-electron chi connectivity index (χ3n) is 8.11. The minimum absolute atomic E-state index is 0.0401. The second-order valence-corrected chi connectivity index (χ2v) is 13.7. The number of rotatable bonds is 9. The van der Waals surface area contributed by atoms with E-state index in [2.05, 4.69) is 16.0 Å². The van der Waals surface area contributed by atoms with Gasteiger partial charge in [0.15, 0.2) is 0 Å². The smallest absolute Gasteiger partial charge is 0.287 e. The molecule has 0 aromatic carbocycles. The predicted octanol–water partition coefficient (Wildman–Crippen LogP) is 0.646. The fraction of sp³-hybridized carbons (Fsp3) is 0.786. The van der Waals surface area contributed by atoms with Crippen LogP contribution in [0.15, 0.2) is 0 Å². The average Bonchev–Trinajstić information content (AvgIpc) is 3.50. The zero-order valence-electron chi connectivity index (χ0n) is 24.1. The van der Waals surface area contributed by atoms with Crippen LogP contribution in [0, 0.1) is 28.6 Å². The van der Waals surface area contributed by atoms with Crippen molar-refractivity contribution in [2.45, 2.75) is 98.2 Å². The van der Waals surface area contributed by atoms with Gasteiger partial charge in [-0.3, -0.25) is 28.8 Å². The molecule has 0 bridgehead atoms. The lowest BCUT2D eigenvalue weighted by molar-refractivity contribution is -0.146. The van der Waals surface area contributed by atoms with Gasteiger partial charge in [0.1, 0.15) is 12.1 Å². The van der Waals surface area contributed by atoms with Gasteiger partial charge >= 0.3 is 0 Å². The predicted molar refractivity (Wildman–Crippen MR) is 144 cm³/mol. The first-order chi connectivity index (χ1) is 18.0. The van der Waals surface area contributed by atoms with Crippen molar-refractivity contribution in [1.82, 2.24) is 20.9 Å². The summed E-state index contributed by atoms with van der Waals surface area (Å²) in [5.41, 5.74) is 4.38. The molecule has 0 spiro atoms. The molecule has 3 fully saturated rings. The van der Waals surface area contributed by atoms with Crippen LogP contribution < -0.4 is 21.7 Å². The quantitative estimate of drug-likeness (QED) is 0.309. The number of hydrogen-bond donors (Lipinski definition) is 4. The summed E-state index contributed by atoms with van der Waals surface area (Å²) in [4.78, 5) is 78.8. The molecule has 39 heavy (non-hydrogen) atoms.